The maximum Gasteiger partial charge on any atom is 0.332 e. The first-order chi connectivity index (χ1) is 15.4. The van der Waals surface area contributed by atoms with Gasteiger partial charge in [0.2, 0.25) is 5.95 Å². The van der Waals surface area contributed by atoms with Crippen LogP contribution in [0.4, 0.5) is 10.3 Å². The van der Waals surface area contributed by atoms with Crippen LogP contribution in [-0.4, -0.2) is 31.3 Å². The second-order valence-electron chi connectivity index (χ2n) is 9.18. The summed E-state index contributed by atoms with van der Waals surface area (Å²) in [6, 6.07) is 4.73. The van der Waals surface area contributed by atoms with E-state index in [1.807, 2.05) is 4.57 Å². The van der Waals surface area contributed by atoms with Crippen LogP contribution in [0.2, 0.25) is 5.02 Å². The van der Waals surface area contributed by atoms with E-state index in [0.29, 0.717) is 29.7 Å². The van der Waals surface area contributed by atoms with Crippen molar-refractivity contribution in [3.05, 3.63) is 55.4 Å². The Balaban J connectivity index is 1.69. The van der Waals surface area contributed by atoms with Gasteiger partial charge in [-0.3, -0.25) is 13.9 Å². The monoisotopic (exact) mass is 459 g/mol. The summed E-state index contributed by atoms with van der Waals surface area (Å²) in [5.74, 6) is 0.561. The lowest BCUT2D eigenvalue weighted by atomic mass is 9.93. The van der Waals surface area contributed by atoms with Gasteiger partial charge in [0.25, 0.3) is 5.56 Å². The van der Waals surface area contributed by atoms with Crippen LogP contribution in [0.5, 0.6) is 0 Å². The highest BCUT2D eigenvalue weighted by molar-refractivity contribution is 6.31. The second-order valence-corrected chi connectivity index (χ2v) is 9.58. The molecule has 0 radical (unpaired) electrons. The van der Waals surface area contributed by atoms with Crippen molar-refractivity contribution in [1.29, 1.82) is 0 Å². The number of rotatable bonds is 3. The van der Waals surface area contributed by atoms with Gasteiger partial charge in [0.05, 0.1) is 6.54 Å². The molecule has 0 spiro atoms. The molecule has 7 nitrogen and oxygen atoms in total. The number of aromatic nitrogens is 4. The number of hydrogen-bond acceptors (Lipinski definition) is 4. The molecule has 1 fully saturated rings. The molecule has 170 valence electrons. The second kappa shape index (κ2) is 8.06. The lowest BCUT2D eigenvalue weighted by molar-refractivity contribution is 0.354. The van der Waals surface area contributed by atoms with Gasteiger partial charge in [-0.15, -0.1) is 0 Å². The number of fused-ring (bicyclic) bond motifs is 3. The maximum atomic E-state index is 14.4. The summed E-state index contributed by atoms with van der Waals surface area (Å²) in [6.45, 7) is 3.49. The van der Waals surface area contributed by atoms with Gasteiger partial charge in [0.15, 0.2) is 11.2 Å². The van der Waals surface area contributed by atoms with Gasteiger partial charge in [-0.05, 0) is 30.9 Å². The van der Waals surface area contributed by atoms with Crippen molar-refractivity contribution in [2.45, 2.75) is 58.2 Å². The fraction of sp³-hybridized carbons (Fsp3) is 0.522. The number of hydrogen-bond donors (Lipinski definition) is 0. The van der Waals surface area contributed by atoms with Crippen LogP contribution in [0.1, 0.15) is 44.6 Å². The molecule has 0 amide bonds. The fourth-order valence-electron chi connectivity index (χ4n) is 5.23. The van der Waals surface area contributed by atoms with E-state index in [1.165, 1.54) is 36.0 Å². The normalized spacial score (nSPS) is 19.5. The minimum Gasteiger partial charge on any atom is -0.339 e. The molecule has 1 unspecified atom stereocenters. The predicted octanol–water partition coefficient (Wildman–Crippen LogP) is 3.53. The highest BCUT2D eigenvalue weighted by Gasteiger charge is 2.33. The molecule has 0 saturated heterocycles. The van der Waals surface area contributed by atoms with Gasteiger partial charge in [-0.25, -0.2) is 9.18 Å². The number of aryl methyl sites for hydroxylation is 1. The minimum absolute atomic E-state index is 0.128. The standard InChI is InChI=1S/C23H27ClFN5O2/c1-14-11-28(15-7-4-3-5-8-15)22-26-20-19(29(22)12-14)21(31)30(23(32)27(20)2)13-16-17(24)9-6-10-18(16)25/h6,9-10,14-15H,3-5,7-8,11-13H2,1-2H3. The zero-order chi connectivity index (χ0) is 22.6. The molecule has 3 heterocycles. The summed E-state index contributed by atoms with van der Waals surface area (Å²) in [5.41, 5.74) is -0.0978. The Labute approximate surface area is 190 Å². The van der Waals surface area contributed by atoms with E-state index < -0.39 is 17.1 Å². The molecule has 1 saturated carbocycles. The van der Waals surface area contributed by atoms with E-state index >= 15 is 0 Å². The van der Waals surface area contributed by atoms with Crippen molar-refractivity contribution < 1.29 is 4.39 Å². The van der Waals surface area contributed by atoms with Gasteiger partial charge in [-0.2, -0.15) is 4.98 Å². The molecule has 1 aliphatic heterocycles. The van der Waals surface area contributed by atoms with E-state index in [4.69, 9.17) is 16.6 Å². The molecule has 2 aliphatic rings. The molecule has 1 aliphatic carbocycles. The third-order valence-electron chi connectivity index (χ3n) is 6.87. The Bertz CT molecular complexity index is 1280. The van der Waals surface area contributed by atoms with Gasteiger partial charge < -0.3 is 9.47 Å². The zero-order valence-corrected chi connectivity index (χ0v) is 19.1. The Morgan fingerprint density at radius 1 is 1.16 bits per heavy atom. The Morgan fingerprint density at radius 2 is 1.91 bits per heavy atom. The van der Waals surface area contributed by atoms with Crippen LogP contribution in [0.25, 0.3) is 11.2 Å². The summed E-state index contributed by atoms with van der Waals surface area (Å²) in [7, 11) is 1.61. The largest absolute Gasteiger partial charge is 0.339 e. The molecule has 3 aromatic rings. The maximum absolute atomic E-state index is 14.4. The van der Waals surface area contributed by atoms with Crippen LogP contribution in [-0.2, 0) is 20.1 Å². The average molecular weight is 460 g/mol. The molecule has 5 rings (SSSR count). The third-order valence-corrected chi connectivity index (χ3v) is 7.22. The van der Waals surface area contributed by atoms with E-state index in [9.17, 15) is 14.0 Å². The Kier molecular flexibility index (Phi) is 5.35. The number of nitrogens with zero attached hydrogens (tertiary/aromatic N) is 5. The third kappa shape index (κ3) is 3.36. The van der Waals surface area contributed by atoms with Gasteiger partial charge in [-0.1, -0.05) is 43.9 Å². The predicted molar refractivity (Wildman–Crippen MR) is 123 cm³/mol. The lowest BCUT2D eigenvalue weighted by Crippen LogP contribution is -2.45. The summed E-state index contributed by atoms with van der Waals surface area (Å²) >= 11 is 6.17. The summed E-state index contributed by atoms with van der Waals surface area (Å²) < 4.78 is 18.8. The van der Waals surface area contributed by atoms with Crippen LogP contribution < -0.4 is 16.1 Å². The molecule has 0 N–H and O–H groups in total. The molecular formula is C23H27ClFN5O2. The molecule has 9 heteroatoms. The molecule has 1 atom stereocenters. The first kappa shape index (κ1) is 21.2. The molecule has 1 aromatic carbocycles. The van der Waals surface area contributed by atoms with E-state index in [2.05, 4.69) is 11.8 Å². The molecular weight excluding hydrogens is 433 g/mol. The quantitative estimate of drug-likeness (QED) is 0.601. The summed E-state index contributed by atoms with van der Waals surface area (Å²) in [6.07, 6.45) is 5.89. The average Bonchev–Trinajstić information content (AvgIpc) is 3.16. The summed E-state index contributed by atoms with van der Waals surface area (Å²) in [4.78, 5) is 33.8. The molecule has 32 heavy (non-hydrogen) atoms. The highest BCUT2D eigenvalue weighted by Crippen LogP contribution is 2.33. The Morgan fingerprint density at radius 3 is 2.62 bits per heavy atom. The SMILES string of the molecule is CC1CN(C2CCCCC2)c2nc3c(c(=O)n(Cc4c(F)cccc4Cl)c(=O)n3C)n2C1. The minimum atomic E-state index is -0.543. The summed E-state index contributed by atoms with van der Waals surface area (Å²) in [5, 5.41) is 0.187. The van der Waals surface area contributed by atoms with Crippen LogP contribution in [0.15, 0.2) is 27.8 Å². The van der Waals surface area contributed by atoms with Crippen LogP contribution >= 0.6 is 11.6 Å². The van der Waals surface area contributed by atoms with Crippen molar-refractivity contribution >= 4 is 28.7 Å². The van der Waals surface area contributed by atoms with Crippen molar-refractivity contribution in [1.82, 2.24) is 18.7 Å². The number of anilines is 1. The van der Waals surface area contributed by atoms with Gasteiger partial charge in [0, 0.05) is 36.8 Å². The van der Waals surface area contributed by atoms with E-state index in [-0.39, 0.29) is 17.1 Å². The van der Waals surface area contributed by atoms with E-state index in [0.717, 1.165) is 29.9 Å². The molecule has 2 aromatic heterocycles. The smallest absolute Gasteiger partial charge is 0.332 e. The highest BCUT2D eigenvalue weighted by atomic mass is 35.5. The fourth-order valence-corrected chi connectivity index (χ4v) is 5.45. The van der Waals surface area contributed by atoms with E-state index in [1.54, 1.807) is 13.1 Å². The number of benzene rings is 1. The van der Waals surface area contributed by atoms with Crippen molar-refractivity contribution in [2.75, 3.05) is 11.4 Å². The zero-order valence-electron chi connectivity index (χ0n) is 18.4. The lowest BCUT2D eigenvalue weighted by Gasteiger charge is -2.40. The van der Waals surface area contributed by atoms with Gasteiger partial charge >= 0.3 is 5.69 Å². The van der Waals surface area contributed by atoms with Crippen LogP contribution in [0.3, 0.4) is 0 Å². The first-order valence-electron chi connectivity index (χ1n) is 11.3. The van der Waals surface area contributed by atoms with Crippen molar-refractivity contribution in [3.63, 3.8) is 0 Å². The Hall–Kier alpha value is -2.61. The van der Waals surface area contributed by atoms with Gasteiger partial charge in [0.1, 0.15) is 5.82 Å². The van der Waals surface area contributed by atoms with Crippen molar-refractivity contribution in [2.24, 2.45) is 13.0 Å². The number of halogens is 2. The molecule has 0 bridgehead atoms. The first-order valence-corrected chi connectivity index (χ1v) is 11.6. The van der Waals surface area contributed by atoms with Crippen LogP contribution in [0, 0.1) is 11.7 Å². The number of imidazole rings is 1. The topological polar surface area (TPSA) is 65.1 Å². The van der Waals surface area contributed by atoms with Crippen molar-refractivity contribution in [3.8, 4) is 0 Å².